The van der Waals surface area contributed by atoms with E-state index in [-0.39, 0.29) is 41.4 Å². The third-order valence-electron chi connectivity index (χ3n) is 9.72. The number of nitrogens with zero attached hydrogens (tertiary/aromatic N) is 2. The van der Waals surface area contributed by atoms with Crippen LogP contribution < -0.4 is 4.74 Å². The predicted octanol–water partition coefficient (Wildman–Crippen LogP) is 5.73. The van der Waals surface area contributed by atoms with Gasteiger partial charge in [-0.25, -0.2) is 0 Å². The molecule has 9 heteroatoms. The number of carbonyl (C=O) groups excluding carboxylic acids is 2. The predicted molar refractivity (Wildman–Crippen MR) is 159 cm³/mol. The first-order valence-corrected chi connectivity index (χ1v) is 15.3. The van der Waals surface area contributed by atoms with Gasteiger partial charge in [-0.15, -0.1) is 0 Å². The summed E-state index contributed by atoms with van der Waals surface area (Å²) < 4.78 is 51.2. The van der Waals surface area contributed by atoms with E-state index in [2.05, 4.69) is 43.2 Å². The van der Waals surface area contributed by atoms with Crippen molar-refractivity contribution < 1.29 is 32.2 Å². The SMILES string of the molecule is C=C(CN1CC[C@]23c4c5cccc4O[C@H]2[C@H](N(CC(C)C)C(=O)C#Cc2ccc(C(F)(F)F)cc2)CC[C@H]3[C@H]1C5)OC(C)=O. The summed E-state index contributed by atoms with van der Waals surface area (Å²) >= 11 is 0. The van der Waals surface area contributed by atoms with Crippen molar-refractivity contribution in [2.24, 2.45) is 11.8 Å². The number of carbonyl (C=O) groups is 2. The minimum Gasteiger partial charge on any atom is -0.487 e. The topological polar surface area (TPSA) is 59.1 Å². The van der Waals surface area contributed by atoms with Gasteiger partial charge in [0.2, 0.25) is 0 Å². The minimum absolute atomic E-state index is 0.176. The molecule has 1 saturated heterocycles. The molecule has 1 amide bonds. The highest BCUT2D eigenvalue weighted by Gasteiger charge is 2.66. The number of amides is 1. The smallest absolute Gasteiger partial charge is 0.416 e. The van der Waals surface area contributed by atoms with Gasteiger partial charge in [-0.05, 0) is 80.0 Å². The van der Waals surface area contributed by atoms with Crippen molar-refractivity contribution >= 4 is 11.9 Å². The highest BCUT2D eigenvalue weighted by atomic mass is 19.4. The molecule has 0 aromatic heterocycles. The van der Waals surface area contributed by atoms with Crippen molar-refractivity contribution in [2.75, 3.05) is 19.6 Å². The summed E-state index contributed by atoms with van der Waals surface area (Å²) in [5.41, 5.74) is 1.88. The molecule has 2 aliphatic carbocycles. The quantitative estimate of drug-likeness (QED) is 0.239. The zero-order valence-electron chi connectivity index (χ0n) is 25.2. The Morgan fingerprint density at radius 1 is 1.18 bits per heavy atom. The molecule has 6 rings (SSSR count). The summed E-state index contributed by atoms with van der Waals surface area (Å²) in [6.07, 6.45) is -1.32. The molecule has 2 fully saturated rings. The fourth-order valence-electron chi connectivity index (χ4n) is 8.25. The van der Waals surface area contributed by atoms with E-state index in [1.54, 1.807) is 0 Å². The van der Waals surface area contributed by atoms with Crippen molar-refractivity contribution in [3.8, 4) is 17.6 Å². The number of esters is 1. The average molecular weight is 607 g/mol. The van der Waals surface area contributed by atoms with E-state index in [9.17, 15) is 22.8 Å². The number of alkyl halides is 3. The maximum absolute atomic E-state index is 13.8. The fourth-order valence-corrected chi connectivity index (χ4v) is 8.25. The van der Waals surface area contributed by atoms with Gasteiger partial charge in [0, 0.05) is 42.0 Å². The first-order chi connectivity index (χ1) is 20.9. The van der Waals surface area contributed by atoms with Gasteiger partial charge >= 0.3 is 12.1 Å². The van der Waals surface area contributed by atoms with Crippen LogP contribution in [0.2, 0.25) is 0 Å². The molecule has 2 aromatic rings. The van der Waals surface area contributed by atoms with Crippen molar-refractivity contribution in [3.63, 3.8) is 0 Å². The first kappa shape index (κ1) is 30.3. The summed E-state index contributed by atoms with van der Waals surface area (Å²) in [4.78, 5) is 29.6. The van der Waals surface area contributed by atoms with Crippen LogP contribution in [0.25, 0.3) is 0 Å². The summed E-state index contributed by atoms with van der Waals surface area (Å²) in [5, 5.41) is 0. The Balaban J connectivity index is 1.31. The maximum atomic E-state index is 13.8. The van der Waals surface area contributed by atoms with E-state index >= 15 is 0 Å². The van der Waals surface area contributed by atoms with E-state index in [1.807, 2.05) is 17.0 Å². The largest absolute Gasteiger partial charge is 0.487 e. The van der Waals surface area contributed by atoms with E-state index in [0.29, 0.717) is 30.3 Å². The number of hydrogen-bond donors (Lipinski definition) is 0. The van der Waals surface area contributed by atoms with Crippen LogP contribution in [0.5, 0.6) is 5.75 Å². The van der Waals surface area contributed by atoms with Gasteiger partial charge in [0.1, 0.15) is 17.6 Å². The summed E-state index contributed by atoms with van der Waals surface area (Å²) in [7, 11) is 0. The molecule has 0 unspecified atom stereocenters. The summed E-state index contributed by atoms with van der Waals surface area (Å²) in [6.45, 7) is 11.2. The number of ether oxygens (including phenoxy) is 2. The Bertz CT molecular complexity index is 1540. The molecular formula is C35H37F3N2O4. The Labute approximate surface area is 256 Å². The Morgan fingerprint density at radius 2 is 1.93 bits per heavy atom. The summed E-state index contributed by atoms with van der Waals surface area (Å²) in [6, 6.07) is 10.8. The van der Waals surface area contributed by atoms with E-state index in [0.717, 1.165) is 50.1 Å². The molecule has 5 atom stereocenters. The number of benzene rings is 2. The standard InChI is InChI=1S/C35H37F3N2O4/c1-21(2)19-40(31(42)15-10-24-8-11-26(12-9-24)35(36,37)38)28-14-13-27-29-18-25-6-5-7-30-32(25)34(27,33(28)44-30)16-17-39(29)20-22(3)43-23(4)41/h5-9,11-12,21,27-29,33H,3,13-14,16-20H2,1-2,4H3/t27-,28+,29+,33-,34-/m0/s1. The molecule has 4 aliphatic rings. The van der Waals surface area contributed by atoms with Gasteiger partial charge in [-0.2, -0.15) is 13.2 Å². The fraction of sp³-hybridized carbons (Fsp3) is 0.486. The van der Waals surface area contributed by atoms with Crippen LogP contribution in [-0.4, -0.2) is 59.5 Å². The molecule has 2 bridgehead atoms. The van der Waals surface area contributed by atoms with Crippen molar-refractivity contribution in [2.45, 2.75) is 76.2 Å². The first-order valence-electron chi connectivity index (χ1n) is 15.3. The van der Waals surface area contributed by atoms with E-state index in [1.165, 1.54) is 30.2 Å². The molecule has 2 aliphatic heterocycles. The van der Waals surface area contributed by atoms with Gasteiger partial charge in [0.15, 0.2) is 0 Å². The molecule has 2 aromatic carbocycles. The van der Waals surface area contributed by atoms with Crippen LogP contribution in [0.4, 0.5) is 13.2 Å². The molecule has 44 heavy (non-hydrogen) atoms. The molecule has 1 spiro atoms. The maximum Gasteiger partial charge on any atom is 0.416 e. The van der Waals surface area contributed by atoms with Crippen LogP contribution in [0.15, 0.2) is 54.8 Å². The van der Waals surface area contributed by atoms with E-state index < -0.39 is 11.7 Å². The lowest BCUT2D eigenvalue weighted by Crippen LogP contribution is -2.69. The third-order valence-corrected chi connectivity index (χ3v) is 9.72. The Kier molecular flexibility index (Phi) is 7.77. The van der Waals surface area contributed by atoms with Crippen LogP contribution in [0, 0.1) is 23.7 Å². The molecule has 2 heterocycles. The van der Waals surface area contributed by atoms with Gasteiger partial charge in [-0.1, -0.05) is 38.5 Å². The average Bonchev–Trinajstić information content (AvgIpc) is 3.30. The van der Waals surface area contributed by atoms with Gasteiger partial charge in [0.25, 0.3) is 5.91 Å². The molecule has 0 radical (unpaired) electrons. The van der Waals surface area contributed by atoms with Crippen molar-refractivity contribution in [1.82, 2.24) is 9.80 Å². The lowest BCUT2D eigenvalue weighted by atomic mass is 9.51. The minimum atomic E-state index is -4.43. The number of likely N-dealkylation sites (tertiary alicyclic amines) is 1. The van der Waals surface area contributed by atoms with Crippen LogP contribution in [-0.2, 0) is 32.3 Å². The van der Waals surface area contributed by atoms with E-state index in [4.69, 9.17) is 9.47 Å². The lowest BCUT2D eigenvalue weighted by Gasteiger charge is -2.60. The molecule has 1 saturated carbocycles. The molecule has 0 N–H and O–H groups in total. The second-order valence-corrected chi connectivity index (χ2v) is 12.9. The number of hydrogen-bond acceptors (Lipinski definition) is 5. The Hall–Kier alpha value is -3.77. The van der Waals surface area contributed by atoms with Gasteiger partial charge in [0.05, 0.1) is 18.2 Å². The lowest BCUT2D eigenvalue weighted by molar-refractivity contribution is -0.140. The monoisotopic (exact) mass is 606 g/mol. The van der Waals surface area contributed by atoms with Gasteiger partial charge < -0.3 is 14.4 Å². The second kappa shape index (κ2) is 11.3. The zero-order valence-corrected chi connectivity index (χ0v) is 25.2. The number of rotatable bonds is 6. The highest BCUT2D eigenvalue weighted by molar-refractivity contribution is 5.94. The zero-order chi connectivity index (χ0) is 31.4. The molecular weight excluding hydrogens is 569 g/mol. The van der Waals surface area contributed by atoms with Gasteiger partial charge in [-0.3, -0.25) is 14.5 Å². The molecule has 232 valence electrons. The van der Waals surface area contributed by atoms with Crippen LogP contribution >= 0.6 is 0 Å². The summed E-state index contributed by atoms with van der Waals surface area (Å²) in [5.74, 6) is 6.63. The third kappa shape index (κ3) is 5.27. The normalized spacial score (nSPS) is 26.6. The number of halogens is 3. The van der Waals surface area contributed by atoms with Crippen molar-refractivity contribution in [1.29, 1.82) is 0 Å². The van der Waals surface area contributed by atoms with Crippen LogP contribution in [0.1, 0.15) is 62.3 Å². The Morgan fingerprint density at radius 3 is 2.61 bits per heavy atom. The molecule has 6 nitrogen and oxygen atoms in total. The highest BCUT2D eigenvalue weighted by Crippen LogP contribution is 2.62. The van der Waals surface area contributed by atoms with Crippen molar-refractivity contribution in [3.05, 3.63) is 77.1 Å². The second-order valence-electron chi connectivity index (χ2n) is 12.9. The van der Waals surface area contributed by atoms with Crippen LogP contribution in [0.3, 0.4) is 0 Å². The number of piperidine rings is 1.